The molecular formula is C23H19FN4O3S2. The predicted molar refractivity (Wildman–Crippen MR) is 125 cm³/mol. The lowest BCUT2D eigenvalue weighted by atomic mass is 10.1. The molecule has 1 unspecified atom stereocenters. The molecule has 168 valence electrons. The first-order valence-corrected chi connectivity index (χ1v) is 11.9. The normalized spacial score (nSPS) is 15.8. The van der Waals surface area contributed by atoms with Crippen molar-refractivity contribution >= 4 is 44.8 Å². The summed E-state index contributed by atoms with van der Waals surface area (Å²) in [4.78, 5) is 32.8. The SMILES string of the molecule is Cc1nc(C(=O)N2CCOC2CNC(=O)c2nsc3ccccc23)c(-c2ccc(F)cc2)s1. The molecule has 1 fully saturated rings. The van der Waals surface area contributed by atoms with E-state index in [4.69, 9.17) is 4.74 Å². The highest BCUT2D eigenvalue weighted by molar-refractivity contribution is 7.15. The number of carbonyl (C=O) groups excluding carboxylic acids is 2. The molecule has 1 atom stereocenters. The van der Waals surface area contributed by atoms with Gasteiger partial charge in [-0.2, -0.15) is 4.37 Å². The molecule has 1 aliphatic rings. The number of rotatable bonds is 5. The van der Waals surface area contributed by atoms with Crippen LogP contribution in [0.4, 0.5) is 4.39 Å². The van der Waals surface area contributed by atoms with E-state index in [2.05, 4.69) is 14.7 Å². The Morgan fingerprint density at radius 3 is 2.79 bits per heavy atom. The Hall–Kier alpha value is -3.21. The van der Waals surface area contributed by atoms with E-state index in [1.807, 2.05) is 31.2 Å². The van der Waals surface area contributed by atoms with Crippen LogP contribution in [0.5, 0.6) is 0 Å². The van der Waals surface area contributed by atoms with Gasteiger partial charge in [0.15, 0.2) is 0 Å². The number of ether oxygens (including phenoxy) is 1. The van der Waals surface area contributed by atoms with E-state index in [0.29, 0.717) is 29.4 Å². The van der Waals surface area contributed by atoms with Crippen LogP contribution in [-0.2, 0) is 4.74 Å². The van der Waals surface area contributed by atoms with Crippen molar-refractivity contribution in [3.63, 3.8) is 0 Å². The number of aryl methyl sites for hydroxylation is 1. The number of hydrogen-bond donors (Lipinski definition) is 1. The summed E-state index contributed by atoms with van der Waals surface area (Å²) in [6.07, 6.45) is -0.616. The Morgan fingerprint density at radius 1 is 1.18 bits per heavy atom. The van der Waals surface area contributed by atoms with Gasteiger partial charge in [-0.15, -0.1) is 11.3 Å². The van der Waals surface area contributed by atoms with E-state index in [1.54, 1.807) is 17.0 Å². The summed E-state index contributed by atoms with van der Waals surface area (Å²) in [5.41, 5.74) is 1.39. The van der Waals surface area contributed by atoms with Gasteiger partial charge in [0.25, 0.3) is 11.8 Å². The molecule has 33 heavy (non-hydrogen) atoms. The lowest BCUT2D eigenvalue weighted by Crippen LogP contribution is -2.44. The van der Waals surface area contributed by atoms with E-state index in [1.165, 1.54) is 35.0 Å². The lowest BCUT2D eigenvalue weighted by Gasteiger charge is -2.23. The average molecular weight is 483 g/mol. The van der Waals surface area contributed by atoms with Crippen molar-refractivity contribution in [2.75, 3.05) is 19.7 Å². The molecule has 10 heteroatoms. The third-order valence-electron chi connectivity index (χ3n) is 5.32. The number of thiazole rings is 1. The Labute approximate surface area is 197 Å². The van der Waals surface area contributed by atoms with Crippen LogP contribution in [-0.4, -0.2) is 52.0 Å². The molecule has 2 amide bonds. The number of carbonyl (C=O) groups is 2. The molecule has 0 spiro atoms. The molecule has 0 aliphatic carbocycles. The summed E-state index contributed by atoms with van der Waals surface area (Å²) in [6.45, 7) is 2.70. The second-order valence-electron chi connectivity index (χ2n) is 7.48. The van der Waals surface area contributed by atoms with E-state index >= 15 is 0 Å². The van der Waals surface area contributed by atoms with Crippen molar-refractivity contribution in [2.45, 2.75) is 13.2 Å². The summed E-state index contributed by atoms with van der Waals surface area (Å²) in [5.74, 6) is -0.939. The molecule has 2 aromatic carbocycles. The minimum absolute atomic E-state index is 0.130. The van der Waals surface area contributed by atoms with Crippen LogP contribution < -0.4 is 5.32 Å². The molecule has 0 saturated carbocycles. The summed E-state index contributed by atoms with van der Waals surface area (Å²) >= 11 is 2.65. The highest BCUT2D eigenvalue weighted by Gasteiger charge is 2.33. The van der Waals surface area contributed by atoms with Crippen LogP contribution in [0.25, 0.3) is 20.5 Å². The fourth-order valence-electron chi connectivity index (χ4n) is 3.74. The van der Waals surface area contributed by atoms with Crippen molar-refractivity contribution in [1.29, 1.82) is 0 Å². The van der Waals surface area contributed by atoms with Crippen molar-refractivity contribution < 1.29 is 18.7 Å². The maximum absolute atomic E-state index is 13.4. The van der Waals surface area contributed by atoms with Gasteiger partial charge in [-0.05, 0) is 42.2 Å². The predicted octanol–water partition coefficient (Wildman–Crippen LogP) is 4.10. The van der Waals surface area contributed by atoms with Crippen LogP contribution in [0, 0.1) is 12.7 Å². The second-order valence-corrected chi connectivity index (χ2v) is 9.49. The zero-order valence-electron chi connectivity index (χ0n) is 17.6. The van der Waals surface area contributed by atoms with Gasteiger partial charge in [0, 0.05) is 11.9 Å². The number of hydrogen-bond acceptors (Lipinski definition) is 7. The summed E-state index contributed by atoms with van der Waals surface area (Å²) in [7, 11) is 0. The van der Waals surface area contributed by atoms with Crippen LogP contribution in [0.3, 0.4) is 0 Å². The van der Waals surface area contributed by atoms with Gasteiger partial charge in [-0.1, -0.05) is 30.3 Å². The summed E-state index contributed by atoms with van der Waals surface area (Å²) in [6, 6.07) is 13.5. The Balaban J connectivity index is 1.32. The first-order chi connectivity index (χ1) is 16.0. The van der Waals surface area contributed by atoms with E-state index in [-0.39, 0.29) is 24.2 Å². The minimum Gasteiger partial charge on any atom is -0.355 e. The standard InChI is InChI=1S/C23H19FN4O3S2/c1-13-26-20(21(32-13)14-6-8-15(24)9-7-14)23(30)28-10-11-31-18(28)12-25-22(29)19-16-4-2-3-5-17(16)33-27-19/h2-9,18H,10-12H2,1H3,(H,25,29). The van der Waals surface area contributed by atoms with Gasteiger partial charge in [0.1, 0.15) is 23.4 Å². The Morgan fingerprint density at radius 2 is 1.97 bits per heavy atom. The molecule has 0 bridgehead atoms. The van der Waals surface area contributed by atoms with Gasteiger partial charge in [0.05, 0.1) is 27.7 Å². The zero-order chi connectivity index (χ0) is 22.9. The molecule has 1 saturated heterocycles. The topological polar surface area (TPSA) is 84.4 Å². The maximum atomic E-state index is 13.4. The third kappa shape index (κ3) is 4.24. The van der Waals surface area contributed by atoms with Crippen molar-refractivity contribution in [3.05, 3.63) is 70.7 Å². The summed E-state index contributed by atoms with van der Waals surface area (Å²) in [5, 5.41) is 4.37. The first-order valence-electron chi connectivity index (χ1n) is 10.3. The monoisotopic (exact) mass is 482 g/mol. The summed E-state index contributed by atoms with van der Waals surface area (Å²) < 4.78 is 24.3. The van der Waals surface area contributed by atoms with Crippen LogP contribution >= 0.6 is 22.9 Å². The smallest absolute Gasteiger partial charge is 0.276 e. The molecule has 2 aromatic heterocycles. The largest absolute Gasteiger partial charge is 0.355 e. The highest BCUT2D eigenvalue weighted by atomic mass is 32.1. The first kappa shape index (κ1) is 21.6. The maximum Gasteiger partial charge on any atom is 0.276 e. The number of benzene rings is 2. The second kappa shape index (κ2) is 8.97. The van der Waals surface area contributed by atoms with E-state index in [0.717, 1.165) is 20.7 Å². The van der Waals surface area contributed by atoms with Gasteiger partial charge in [-0.3, -0.25) is 9.59 Å². The molecule has 4 aromatic rings. The average Bonchev–Trinajstić information content (AvgIpc) is 3.55. The number of fused-ring (bicyclic) bond motifs is 1. The number of aromatic nitrogens is 2. The quantitative estimate of drug-likeness (QED) is 0.463. The molecular weight excluding hydrogens is 463 g/mol. The van der Waals surface area contributed by atoms with Gasteiger partial charge >= 0.3 is 0 Å². The number of amides is 2. The van der Waals surface area contributed by atoms with E-state index in [9.17, 15) is 14.0 Å². The number of nitrogens with zero attached hydrogens (tertiary/aromatic N) is 3. The fraction of sp³-hybridized carbons (Fsp3) is 0.217. The molecule has 0 radical (unpaired) electrons. The van der Waals surface area contributed by atoms with Crippen molar-refractivity contribution in [3.8, 4) is 10.4 Å². The van der Waals surface area contributed by atoms with Gasteiger partial charge in [-0.25, -0.2) is 9.37 Å². The molecule has 3 heterocycles. The van der Waals surface area contributed by atoms with Gasteiger partial charge in [0.2, 0.25) is 0 Å². The Bertz CT molecular complexity index is 1340. The van der Waals surface area contributed by atoms with E-state index < -0.39 is 6.23 Å². The van der Waals surface area contributed by atoms with Crippen LogP contribution in [0.15, 0.2) is 48.5 Å². The number of nitrogens with one attached hydrogen (secondary N) is 1. The third-order valence-corrected chi connectivity index (χ3v) is 7.17. The van der Waals surface area contributed by atoms with Crippen molar-refractivity contribution in [1.82, 2.24) is 19.6 Å². The molecule has 1 N–H and O–H groups in total. The molecule has 1 aliphatic heterocycles. The number of halogens is 1. The molecule has 5 rings (SSSR count). The zero-order valence-corrected chi connectivity index (χ0v) is 19.2. The van der Waals surface area contributed by atoms with Crippen LogP contribution in [0.1, 0.15) is 26.0 Å². The molecule has 7 nitrogen and oxygen atoms in total. The van der Waals surface area contributed by atoms with Crippen molar-refractivity contribution in [2.24, 2.45) is 0 Å². The minimum atomic E-state index is -0.616. The lowest BCUT2D eigenvalue weighted by molar-refractivity contribution is 0.0276. The van der Waals surface area contributed by atoms with Gasteiger partial charge < -0.3 is 15.0 Å². The van der Waals surface area contributed by atoms with Crippen LogP contribution in [0.2, 0.25) is 0 Å². The fourth-order valence-corrected chi connectivity index (χ4v) is 5.43. The Kier molecular flexibility index (Phi) is 5.88. The highest BCUT2D eigenvalue weighted by Crippen LogP contribution is 2.32.